The lowest BCUT2D eigenvalue weighted by molar-refractivity contribution is 0.0949. The number of rotatable bonds is 6. The molecule has 1 amide bonds. The van der Waals surface area contributed by atoms with E-state index in [1.54, 1.807) is 25.3 Å². The van der Waals surface area contributed by atoms with Crippen molar-refractivity contribution in [2.24, 2.45) is 0 Å². The Morgan fingerprint density at radius 2 is 2.26 bits per heavy atom. The summed E-state index contributed by atoms with van der Waals surface area (Å²) < 4.78 is 5.06. The summed E-state index contributed by atoms with van der Waals surface area (Å²) in [6.07, 6.45) is 2.55. The zero-order chi connectivity index (χ0) is 13.8. The van der Waals surface area contributed by atoms with Gasteiger partial charge in [-0.1, -0.05) is 0 Å². The fourth-order valence-electron chi connectivity index (χ4n) is 2.02. The Balaban J connectivity index is 1.83. The molecule has 19 heavy (non-hydrogen) atoms. The average molecular weight is 263 g/mol. The highest BCUT2D eigenvalue weighted by molar-refractivity contribution is 5.95. The lowest BCUT2D eigenvalue weighted by atomic mass is 10.2. The van der Waals surface area contributed by atoms with Gasteiger partial charge >= 0.3 is 0 Å². The molecule has 0 unspecified atom stereocenters. The average Bonchev–Trinajstić information content (AvgIpc) is 3.22. The number of hydrogen-bond donors (Lipinski definition) is 2. The van der Waals surface area contributed by atoms with Gasteiger partial charge in [-0.2, -0.15) is 0 Å². The molecule has 1 aliphatic rings. The Labute approximate surface area is 113 Å². The van der Waals surface area contributed by atoms with Crippen LogP contribution >= 0.6 is 0 Å². The van der Waals surface area contributed by atoms with Crippen LogP contribution in [0.5, 0.6) is 5.75 Å². The minimum atomic E-state index is -0.0986. The molecule has 3 N–H and O–H groups in total. The van der Waals surface area contributed by atoms with Gasteiger partial charge in [-0.25, -0.2) is 0 Å². The Hall–Kier alpha value is -1.75. The highest BCUT2D eigenvalue weighted by atomic mass is 16.5. The second-order valence-corrected chi connectivity index (χ2v) is 4.92. The maximum atomic E-state index is 11.9. The summed E-state index contributed by atoms with van der Waals surface area (Å²) in [5, 5.41) is 2.90. The van der Waals surface area contributed by atoms with E-state index >= 15 is 0 Å². The van der Waals surface area contributed by atoms with Crippen LogP contribution in [-0.2, 0) is 0 Å². The van der Waals surface area contributed by atoms with Crippen LogP contribution in [-0.4, -0.2) is 44.1 Å². The topological polar surface area (TPSA) is 67.6 Å². The van der Waals surface area contributed by atoms with E-state index in [9.17, 15) is 4.79 Å². The predicted octanol–water partition coefficient (Wildman–Crippen LogP) is 1.10. The highest BCUT2D eigenvalue weighted by Gasteiger charge is 2.25. The third-order valence-electron chi connectivity index (χ3n) is 3.41. The molecule has 0 atom stereocenters. The number of nitrogens with zero attached hydrogens (tertiary/aromatic N) is 1. The van der Waals surface area contributed by atoms with Gasteiger partial charge in [-0.05, 0) is 38.1 Å². The van der Waals surface area contributed by atoms with Crippen molar-refractivity contribution in [3.05, 3.63) is 23.8 Å². The van der Waals surface area contributed by atoms with E-state index < -0.39 is 0 Å². The minimum Gasteiger partial charge on any atom is -0.495 e. The summed E-state index contributed by atoms with van der Waals surface area (Å²) in [7, 11) is 3.65. The Morgan fingerprint density at radius 3 is 2.84 bits per heavy atom. The van der Waals surface area contributed by atoms with Crippen LogP contribution < -0.4 is 15.8 Å². The van der Waals surface area contributed by atoms with Crippen LogP contribution in [0.15, 0.2) is 18.2 Å². The molecule has 1 fully saturated rings. The van der Waals surface area contributed by atoms with Crippen LogP contribution in [0.2, 0.25) is 0 Å². The zero-order valence-electron chi connectivity index (χ0n) is 11.5. The molecule has 1 aliphatic carbocycles. The second kappa shape index (κ2) is 5.93. The van der Waals surface area contributed by atoms with E-state index in [1.807, 2.05) is 0 Å². The molecule has 0 aliphatic heterocycles. The third-order valence-corrected chi connectivity index (χ3v) is 3.41. The normalized spacial score (nSPS) is 14.5. The number of carbonyl (C=O) groups is 1. The number of ether oxygens (including phenoxy) is 1. The molecule has 0 radical (unpaired) electrons. The highest BCUT2D eigenvalue weighted by Crippen LogP contribution is 2.24. The van der Waals surface area contributed by atoms with Gasteiger partial charge < -0.3 is 20.7 Å². The molecule has 0 saturated heterocycles. The molecule has 0 heterocycles. The van der Waals surface area contributed by atoms with Crippen molar-refractivity contribution >= 4 is 11.6 Å². The number of likely N-dealkylation sites (N-methyl/N-ethyl adjacent to an activating group) is 1. The number of nitrogens with two attached hydrogens (primary N) is 1. The molecule has 0 bridgehead atoms. The summed E-state index contributed by atoms with van der Waals surface area (Å²) in [5.41, 5.74) is 6.82. The monoisotopic (exact) mass is 263 g/mol. The third kappa shape index (κ3) is 3.61. The maximum absolute atomic E-state index is 11.9. The molecule has 1 aromatic rings. The van der Waals surface area contributed by atoms with Crippen molar-refractivity contribution in [1.82, 2.24) is 10.2 Å². The van der Waals surface area contributed by atoms with Gasteiger partial charge in [0.25, 0.3) is 5.91 Å². The predicted molar refractivity (Wildman–Crippen MR) is 75.4 cm³/mol. The maximum Gasteiger partial charge on any atom is 0.251 e. The van der Waals surface area contributed by atoms with Crippen molar-refractivity contribution in [3.8, 4) is 5.75 Å². The largest absolute Gasteiger partial charge is 0.495 e. The summed E-state index contributed by atoms with van der Waals surface area (Å²) in [5.74, 6) is 0.489. The molecule has 5 nitrogen and oxygen atoms in total. The first kappa shape index (κ1) is 13.7. The van der Waals surface area contributed by atoms with Gasteiger partial charge in [0, 0.05) is 24.7 Å². The molecule has 5 heteroatoms. The van der Waals surface area contributed by atoms with Crippen molar-refractivity contribution < 1.29 is 9.53 Å². The fourth-order valence-corrected chi connectivity index (χ4v) is 2.02. The van der Waals surface area contributed by atoms with Crippen LogP contribution in [0.1, 0.15) is 23.2 Å². The summed E-state index contributed by atoms with van der Waals surface area (Å²) in [6, 6.07) is 5.78. The summed E-state index contributed by atoms with van der Waals surface area (Å²) in [4.78, 5) is 14.2. The van der Waals surface area contributed by atoms with Crippen LogP contribution in [0.25, 0.3) is 0 Å². The molecular formula is C14H21N3O2. The van der Waals surface area contributed by atoms with Gasteiger partial charge in [0.2, 0.25) is 0 Å². The molecule has 2 rings (SSSR count). The number of anilines is 1. The zero-order valence-corrected chi connectivity index (χ0v) is 11.5. The number of benzene rings is 1. The van der Waals surface area contributed by atoms with E-state index in [2.05, 4.69) is 17.3 Å². The second-order valence-electron chi connectivity index (χ2n) is 4.92. The standard InChI is InChI=1S/C14H21N3O2/c1-17(11-4-5-11)8-7-16-14(18)10-3-6-13(19-2)12(15)9-10/h3,6,9,11H,4-5,7-8,15H2,1-2H3,(H,16,18). The van der Waals surface area contributed by atoms with Crippen molar-refractivity contribution in [1.29, 1.82) is 0 Å². The number of amides is 1. The Kier molecular flexibility index (Phi) is 4.27. The molecule has 0 spiro atoms. The van der Waals surface area contributed by atoms with Gasteiger partial charge in [-0.3, -0.25) is 4.79 Å². The van der Waals surface area contributed by atoms with Gasteiger partial charge in [0.05, 0.1) is 12.8 Å². The summed E-state index contributed by atoms with van der Waals surface area (Å²) >= 11 is 0. The van der Waals surface area contributed by atoms with Crippen LogP contribution in [0.3, 0.4) is 0 Å². The first-order chi connectivity index (χ1) is 9.11. The number of nitrogen functional groups attached to an aromatic ring is 1. The SMILES string of the molecule is COc1ccc(C(=O)NCCN(C)C2CC2)cc1N. The smallest absolute Gasteiger partial charge is 0.251 e. The molecule has 0 aromatic heterocycles. The fraction of sp³-hybridized carbons (Fsp3) is 0.500. The number of carbonyl (C=O) groups excluding carboxylic acids is 1. The first-order valence-electron chi connectivity index (χ1n) is 6.53. The van der Waals surface area contributed by atoms with Gasteiger partial charge in [0.1, 0.15) is 5.75 Å². The van der Waals surface area contributed by atoms with Crippen LogP contribution in [0.4, 0.5) is 5.69 Å². The van der Waals surface area contributed by atoms with Crippen molar-refractivity contribution in [2.45, 2.75) is 18.9 Å². The quantitative estimate of drug-likeness (QED) is 0.754. The first-order valence-corrected chi connectivity index (χ1v) is 6.53. The van der Waals surface area contributed by atoms with E-state index in [4.69, 9.17) is 10.5 Å². The molecule has 1 saturated carbocycles. The van der Waals surface area contributed by atoms with Crippen LogP contribution in [0, 0.1) is 0 Å². The summed E-state index contributed by atoms with van der Waals surface area (Å²) in [6.45, 7) is 1.53. The Morgan fingerprint density at radius 1 is 1.53 bits per heavy atom. The van der Waals surface area contributed by atoms with E-state index in [0.29, 0.717) is 29.6 Å². The van der Waals surface area contributed by atoms with Gasteiger partial charge in [0.15, 0.2) is 0 Å². The number of hydrogen-bond acceptors (Lipinski definition) is 4. The van der Waals surface area contributed by atoms with Gasteiger partial charge in [-0.15, -0.1) is 0 Å². The Bertz CT molecular complexity index is 458. The minimum absolute atomic E-state index is 0.0986. The van der Waals surface area contributed by atoms with Crippen molar-refractivity contribution in [3.63, 3.8) is 0 Å². The lowest BCUT2D eigenvalue weighted by Gasteiger charge is -2.15. The molecular weight excluding hydrogens is 242 g/mol. The number of methoxy groups -OCH3 is 1. The lowest BCUT2D eigenvalue weighted by Crippen LogP contribution is -2.33. The van der Waals surface area contributed by atoms with Crippen molar-refractivity contribution in [2.75, 3.05) is 33.0 Å². The number of nitrogens with one attached hydrogen (secondary N) is 1. The molecule has 1 aromatic carbocycles. The van der Waals surface area contributed by atoms with E-state index in [0.717, 1.165) is 6.54 Å². The molecule has 104 valence electrons. The van der Waals surface area contributed by atoms with E-state index in [1.165, 1.54) is 12.8 Å². The van der Waals surface area contributed by atoms with E-state index in [-0.39, 0.29) is 5.91 Å².